The van der Waals surface area contributed by atoms with E-state index in [1.165, 1.54) is 6.92 Å². The third-order valence-electron chi connectivity index (χ3n) is 3.02. The quantitative estimate of drug-likeness (QED) is 0.843. The predicted octanol–water partition coefficient (Wildman–Crippen LogP) is 3.67. The molecule has 0 fully saturated rings. The lowest BCUT2D eigenvalue weighted by Gasteiger charge is -2.15. The molecule has 1 heterocycles. The lowest BCUT2D eigenvalue weighted by atomic mass is 10.1. The molecule has 0 saturated carbocycles. The number of hydrogen-bond acceptors (Lipinski definition) is 3. The smallest absolute Gasteiger partial charge is 0.221 e. The number of aryl methyl sites for hydroxylation is 1. The van der Waals surface area contributed by atoms with Gasteiger partial charge in [0, 0.05) is 30.8 Å². The number of anilines is 2. The van der Waals surface area contributed by atoms with Crippen molar-refractivity contribution in [1.82, 2.24) is 0 Å². The van der Waals surface area contributed by atoms with Gasteiger partial charge in [0.15, 0.2) is 0 Å². The van der Waals surface area contributed by atoms with E-state index >= 15 is 0 Å². The molecular weight excluding hydrogens is 252 g/mol. The molecule has 0 aliphatic heterocycles. The molecule has 0 saturated heterocycles. The van der Waals surface area contributed by atoms with E-state index in [1.54, 1.807) is 6.26 Å². The van der Waals surface area contributed by atoms with Gasteiger partial charge in [0.2, 0.25) is 5.91 Å². The molecule has 0 aliphatic carbocycles. The highest BCUT2D eigenvalue weighted by molar-refractivity contribution is 5.88. The van der Waals surface area contributed by atoms with E-state index in [-0.39, 0.29) is 5.91 Å². The van der Waals surface area contributed by atoms with E-state index in [0.717, 1.165) is 30.0 Å². The van der Waals surface area contributed by atoms with E-state index in [4.69, 9.17) is 4.42 Å². The Morgan fingerprint density at radius 3 is 2.50 bits per heavy atom. The first kappa shape index (κ1) is 14.2. The number of amides is 1. The maximum absolute atomic E-state index is 10.9. The zero-order valence-corrected chi connectivity index (χ0v) is 11.8. The monoisotopic (exact) mass is 272 g/mol. The molecule has 0 bridgehead atoms. The van der Waals surface area contributed by atoms with Crippen LogP contribution in [-0.2, 0) is 11.2 Å². The normalized spacial score (nSPS) is 11.9. The van der Waals surface area contributed by atoms with Crippen LogP contribution in [-0.4, -0.2) is 11.9 Å². The van der Waals surface area contributed by atoms with Gasteiger partial charge < -0.3 is 15.1 Å². The highest BCUT2D eigenvalue weighted by atomic mass is 16.3. The fourth-order valence-corrected chi connectivity index (χ4v) is 2.02. The zero-order chi connectivity index (χ0) is 14.4. The molecule has 1 atom stereocenters. The summed E-state index contributed by atoms with van der Waals surface area (Å²) < 4.78 is 5.32. The van der Waals surface area contributed by atoms with Gasteiger partial charge in [0.05, 0.1) is 6.26 Å². The van der Waals surface area contributed by atoms with Crippen LogP contribution in [0.3, 0.4) is 0 Å². The Morgan fingerprint density at radius 2 is 1.90 bits per heavy atom. The standard InChI is InChI=1S/C16H20N2O2/c1-12(5-10-16-4-3-11-20-16)17-14-6-8-15(9-7-14)18-13(2)19/h3-4,6-9,11-12,17H,5,10H2,1-2H3,(H,18,19). The molecule has 1 unspecified atom stereocenters. The molecular formula is C16H20N2O2. The first-order valence-electron chi connectivity index (χ1n) is 6.80. The summed E-state index contributed by atoms with van der Waals surface area (Å²) in [5.74, 6) is 0.956. The number of rotatable bonds is 6. The minimum absolute atomic E-state index is 0.0578. The summed E-state index contributed by atoms with van der Waals surface area (Å²) in [6, 6.07) is 12.0. The molecule has 20 heavy (non-hydrogen) atoms. The van der Waals surface area contributed by atoms with Crippen LogP contribution in [0.15, 0.2) is 47.1 Å². The van der Waals surface area contributed by atoms with Gasteiger partial charge in [0.1, 0.15) is 5.76 Å². The largest absolute Gasteiger partial charge is 0.469 e. The van der Waals surface area contributed by atoms with Crippen LogP contribution in [0.2, 0.25) is 0 Å². The number of furan rings is 1. The number of nitrogens with one attached hydrogen (secondary N) is 2. The summed E-state index contributed by atoms with van der Waals surface area (Å²) in [6.45, 7) is 3.65. The third kappa shape index (κ3) is 4.46. The van der Waals surface area contributed by atoms with Crippen molar-refractivity contribution < 1.29 is 9.21 Å². The molecule has 2 N–H and O–H groups in total. The summed E-state index contributed by atoms with van der Waals surface area (Å²) >= 11 is 0. The van der Waals surface area contributed by atoms with Crippen molar-refractivity contribution in [3.05, 3.63) is 48.4 Å². The molecule has 106 valence electrons. The van der Waals surface area contributed by atoms with Crippen molar-refractivity contribution in [2.24, 2.45) is 0 Å². The average Bonchev–Trinajstić information content (AvgIpc) is 2.91. The second-order valence-corrected chi connectivity index (χ2v) is 4.92. The third-order valence-corrected chi connectivity index (χ3v) is 3.02. The van der Waals surface area contributed by atoms with Gasteiger partial charge in [-0.15, -0.1) is 0 Å². The van der Waals surface area contributed by atoms with Gasteiger partial charge in [-0.25, -0.2) is 0 Å². The van der Waals surface area contributed by atoms with Crippen molar-refractivity contribution in [2.45, 2.75) is 32.7 Å². The van der Waals surface area contributed by atoms with Crippen molar-refractivity contribution in [1.29, 1.82) is 0 Å². The highest BCUT2D eigenvalue weighted by Gasteiger charge is 2.04. The van der Waals surface area contributed by atoms with Crippen LogP contribution in [0.25, 0.3) is 0 Å². The Morgan fingerprint density at radius 1 is 1.20 bits per heavy atom. The first-order chi connectivity index (χ1) is 9.63. The van der Waals surface area contributed by atoms with Crippen LogP contribution in [0, 0.1) is 0 Å². The van der Waals surface area contributed by atoms with E-state index in [2.05, 4.69) is 17.6 Å². The van der Waals surface area contributed by atoms with Gasteiger partial charge in [-0.3, -0.25) is 4.79 Å². The Balaban J connectivity index is 1.81. The minimum atomic E-state index is -0.0578. The van der Waals surface area contributed by atoms with Crippen molar-refractivity contribution in [3.8, 4) is 0 Å². The Labute approximate surface area is 119 Å². The highest BCUT2D eigenvalue weighted by Crippen LogP contribution is 2.16. The summed E-state index contributed by atoms with van der Waals surface area (Å²) in [6.07, 6.45) is 3.63. The lowest BCUT2D eigenvalue weighted by Crippen LogP contribution is -2.15. The summed E-state index contributed by atoms with van der Waals surface area (Å²) in [5.41, 5.74) is 1.86. The number of hydrogen-bond donors (Lipinski definition) is 2. The van der Waals surface area contributed by atoms with E-state index < -0.39 is 0 Å². The van der Waals surface area contributed by atoms with E-state index in [9.17, 15) is 4.79 Å². The second-order valence-electron chi connectivity index (χ2n) is 4.92. The van der Waals surface area contributed by atoms with Crippen LogP contribution >= 0.6 is 0 Å². The van der Waals surface area contributed by atoms with Crippen molar-refractivity contribution in [2.75, 3.05) is 10.6 Å². The zero-order valence-electron chi connectivity index (χ0n) is 11.8. The van der Waals surface area contributed by atoms with Crippen molar-refractivity contribution >= 4 is 17.3 Å². The minimum Gasteiger partial charge on any atom is -0.469 e. The number of benzene rings is 1. The number of carbonyl (C=O) groups is 1. The Kier molecular flexibility index (Phi) is 4.82. The molecule has 1 aromatic carbocycles. The SMILES string of the molecule is CC(=O)Nc1ccc(NC(C)CCc2ccco2)cc1. The van der Waals surface area contributed by atoms with Gasteiger partial charge in [0.25, 0.3) is 0 Å². The van der Waals surface area contributed by atoms with Crippen LogP contribution < -0.4 is 10.6 Å². The topological polar surface area (TPSA) is 54.3 Å². The maximum atomic E-state index is 10.9. The van der Waals surface area contributed by atoms with Gasteiger partial charge in [-0.1, -0.05) is 0 Å². The Bertz CT molecular complexity index is 532. The average molecular weight is 272 g/mol. The molecule has 0 aliphatic rings. The molecule has 4 nitrogen and oxygen atoms in total. The Hall–Kier alpha value is -2.23. The van der Waals surface area contributed by atoms with Gasteiger partial charge in [-0.05, 0) is 49.7 Å². The summed E-state index contributed by atoms with van der Waals surface area (Å²) in [7, 11) is 0. The summed E-state index contributed by atoms with van der Waals surface area (Å²) in [4.78, 5) is 10.9. The van der Waals surface area contributed by atoms with Crippen molar-refractivity contribution in [3.63, 3.8) is 0 Å². The van der Waals surface area contributed by atoms with Gasteiger partial charge >= 0.3 is 0 Å². The fraction of sp³-hybridized carbons (Fsp3) is 0.312. The molecule has 0 radical (unpaired) electrons. The second kappa shape index (κ2) is 6.80. The fourth-order valence-electron chi connectivity index (χ4n) is 2.02. The van der Waals surface area contributed by atoms with Gasteiger partial charge in [-0.2, -0.15) is 0 Å². The molecule has 4 heteroatoms. The van der Waals surface area contributed by atoms with Crippen LogP contribution in [0.5, 0.6) is 0 Å². The molecule has 1 aromatic heterocycles. The lowest BCUT2D eigenvalue weighted by molar-refractivity contribution is -0.114. The van der Waals surface area contributed by atoms with Crippen LogP contribution in [0.4, 0.5) is 11.4 Å². The van der Waals surface area contributed by atoms with E-state index in [1.807, 2.05) is 36.4 Å². The van der Waals surface area contributed by atoms with Crippen LogP contribution in [0.1, 0.15) is 26.0 Å². The predicted molar refractivity (Wildman–Crippen MR) is 80.9 cm³/mol. The molecule has 2 aromatic rings. The summed E-state index contributed by atoms with van der Waals surface area (Å²) in [5, 5.41) is 6.18. The number of carbonyl (C=O) groups excluding carboxylic acids is 1. The maximum Gasteiger partial charge on any atom is 0.221 e. The molecule has 1 amide bonds. The first-order valence-corrected chi connectivity index (χ1v) is 6.80. The van der Waals surface area contributed by atoms with E-state index in [0.29, 0.717) is 6.04 Å². The molecule has 2 rings (SSSR count). The molecule has 0 spiro atoms.